The molecule has 0 aliphatic heterocycles. The molecule has 48 heavy (non-hydrogen) atoms. The fourth-order valence-corrected chi connectivity index (χ4v) is 13.5. The van der Waals surface area contributed by atoms with E-state index in [1.54, 1.807) is 18.6 Å². The first-order chi connectivity index (χ1) is 22.5. The van der Waals surface area contributed by atoms with Crippen LogP contribution in [0, 0.1) is 51.2 Å². The Morgan fingerprint density at radius 2 is 1.42 bits per heavy atom. The number of halogens is 1. The van der Waals surface area contributed by atoms with Gasteiger partial charge >= 0.3 is 0 Å². The molecule has 0 spiro atoms. The Kier molecular flexibility index (Phi) is 8.20. The zero-order chi connectivity index (χ0) is 34.6. The van der Waals surface area contributed by atoms with Crippen molar-refractivity contribution in [1.82, 2.24) is 0 Å². The van der Waals surface area contributed by atoms with Gasteiger partial charge in [0, 0.05) is 28.7 Å². The highest BCUT2D eigenvalue weighted by atomic mass is 35.5. The van der Waals surface area contributed by atoms with Gasteiger partial charge in [-0.05, 0) is 160 Å². The maximum Gasteiger partial charge on any atom is 0.161 e. The van der Waals surface area contributed by atoms with Crippen LogP contribution in [0.25, 0.3) is 0 Å². The van der Waals surface area contributed by atoms with Crippen LogP contribution in [-0.4, -0.2) is 33.8 Å². The number of fused-ring (bicyclic) bond motifs is 9. The Hall–Kier alpha value is -2.11. The Balaban J connectivity index is 0.000000152. The summed E-state index contributed by atoms with van der Waals surface area (Å²) in [5.74, 6) is 3.07. The van der Waals surface area contributed by atoms with Crippen molar-refractivity contribution >= 4 is 34.7 Å². The molecule has 8 aliphatic carbocycles. The molecular weight excluding hydrogens is 620 g/mol. The molecule has 8 rings (SSSR count). The summed E-state index contributed by atoms with van der Waals surface area (Å²) in [6, 6.07) is 0. The molecule has 1 N–H and O–H groups in total. The first-order valence-electron chi connectivity index (χ1n) is 18.8. The minimum atomic E-state index is -1.21. The van der Waals surface area contributed by atoms with Crippen LogP contribution >= 0.6 is 11.6 Å². The third-order valence-electron chi connectivity index (χ3n) is 16.4. The lowest BCUT2D eigenvalue weighted by atomic mass is 9.48. The molecule has 8 aliphatic rings. The van der Waals surface area contributed by atoms with Crippen LogP contribution in [0.1, 0.15) is 131 Å². The van der Waals surface area contributed by atoms with Gasteiger partial charge in [0.1, 0.15) is 11.4 Å². The number of aliphatic hydroxyl groups is 1. The van der Waals surface area contributed by atoms with E-state index in [0.717, 1.165) is 63.4 Å². The minimum absolute atomic E-state index is 0.0668. The van der Waals surface area contributed by atoms with E-state index in [1.165, 1.54) is 30.9 Å². The average molecular weight is 675 g/mol. The molecule has 4 fully saturated rings. The molecule has 0 radical (unpaired) electrons. The van der Waals surface area contributed by atoms with Crippen molar-refractivity contribution in [2.75, 3.05) is 0 Å². The zero-order valence-electron chi connectivity index (χ0n) is 30.0. The van der Waals surface area contributed by atoms with E-state index in [-0.39, 0.29) is 45.1 Å². The van der Waals surface area contributed by atoms with Crippen LogP contribution in [0.15, 0.2) is 45.6 Å². The smallest absolute Gasteiger partial charge is 0.161 e. The second-order valence-corrected chi connectivity index (χ2v) is 18.3. The van der Waals surface area contributed by atoms with E-state index >= 15 is 0 Å². The molecule has 0 aromatic heterocycles. The molecule has 10 atom stereocenters. The Labute approximate surface area is 292 Å². The number of carbonyl (C=O) groups is 4. The molecule has 0 heterocycles. The Morgan fingerprint density at radius 1 is 0.729 bits per heavy atom. The average Bonchev–Trinajstić information content (AvgIpc) is 3.49. The molecule has 0 aromatic rings. The van der Waals surface area contributed by atoms with Crippen LogP contribution in [0.5, 0.6) is 0 Å². The zero-order valence-corrected chi connectivity index (χ0v) is 30.7. The molecule has 0 saturated heterocycles. The van der Waals surface area contributed by atoms with E-state index < -0.39 is 5.60 Å². The summed E-state index contributed by atoms with van der Waals surface area (Å²) in [4.78, 5) is 48.3. The maximum atomic E-state index is 12.4. The van der Waals surface area contributed by atoms with Crippen LogP contribution < -0.4 is 0 Å². The van der Waals surface area contributed by atoms with Gasteiger partial charge in [0.15, 0.2) is 17.3 Å². The van der Waals surface area contributed by atoms with Crippen molar-refractivity contribution in [3.05, 3.63) is 45.6 Å². The number of hydrogen-bond acceptors (Lipinski definition) is 5. The van der Waals surface area contributed by atoms with Crippen LogP contribution in [0.4, 0.5) is 0 Å². The molecule has 0 aromatic carbocycles. The topological polar surface area (TPSA) is 88.5 Å². The van der Waals surface area contributed by atoms with Gasteiger partial charge < -0.3 is 5.11 Å². The number of carbonyl (C=O) groups excluding carboxylic acids is 4. The molecule has 4 saturated carbocycles. The molecule has 6 heteroatoms. The molecule has 5 nitrogen and oxygen atoms in total. The third-order valence-corrected chi connectivity index (χ3v) is 16.7. The quantitative estimate of drug-likeness (QED) is 0.316. The summed E-state index contributed by atoms with van der Waals surface area (Å²) >= 11 is 6.65. The van der Waals surface area contributed by atoms with Crippen molar-refractivity contribution in [3.8, 4) is 0 Å². The fraction of sp³-hybridized carbons (Fsp3) is 0.714. The monoisotopic (exact) mass is 674 g/mol. The lowest BCUT2D eigenvalue weighted by molar-refractivity contribution is -0.156. The number of hydrogen-bond donors (Lipinski definition) is 1. The van der Waals surface area contributed by atoms with E-state index in [2.05, 4.69) is 33.8 Å². The van der Waals surface area contributed by atoms with Crippen molar-refractivity contribution in [2.24, 2.45) is 51.2 Å². The summed E-state index contributed by atoms with van der Waals surface area (Å²) in [7, 11) is 0. The number of Topliss-reactive ketones (excluding diaryl/α,β-unsaturated/α-hetero) is 2. The minimum Gasteiger partial charge on any atom is -0.382 e. The molecule has 0 amide bonds. The number of allylic oxidation sites excluding steroid dienone is 8. The molecular formula is C42H55ClO5. The SMILES string of the molecule is CC(=O)[C@@]1(C)CC[C@H]2[C@@H]3CCC4=CC(=O)CCC4=C3CC[C@@]21C.CC(=O)[C@@]1(O)CC[C@H]2[C@@H]3C=C(Cl)C4=CC(=O)CC[C@]4(C)[C@H]3CC[C@@]21C. The fourth-order valence-electron chi connectivity index (χ4n) is 13.0. The summed E-state index contributed by atoms with van der Waals surface area (Å²) < 4.78 is 0. The van der Waals surface area contributed by atoms with Gasteiger partial charge in [0.05, 0.1) is 0 Å². The van der Waals surface area contributed by atoms with Crippen LogP contribution in [0.3, 0.4) is 0 Å². The predicted octanol–water partition coefficient (Wildman–Crippen LogP) is 8.97. The van der Waals surface area contributed by atoms with Gasteiger partial charge in [-0.15, -0.1) is 0 Å². The first-order valence-corrected chi connectivity index (χ1v) is 19.2. The second-order valence-electron chi connectivity index (χ2n) is 17.9. The normalized spacial score (nSPS) is 45.9. The van der Waals surface area contributed by atoms with Gasteiger partial charge in [-0.2, -0.15) is 0 Å². The Morgan fingerprint density at radius 3 is 2.12 bits per heavy atom. The van der Waals surface area contributed by atoms with Crippen LogP contribution in [0.2, 0.25) is 0 Å². The van der Waals surface area contributed by atoms with E-state index in [1.807, 2.05) is 6.08 Å². The van der Waals surface area contributed by atoms with Crippen molar-refractivity contribution < 1.29 is 24.3 Å². The summed E-state index contributed by atoms with van der Waals surface area (Å²) in [6.07, 6.45) is 18.9. The lowest BCUT2D eigenvalue weighted by Gasteiger charge is -2.57. The van der Waals surface area contributed by atoms with Crippen LogP contribution in [-0.2, 0) is 19.2 Å². The van der Waals surface area contributed by atoms with Gasteiger partial charge in [0.2, 0.25) is 0 Å². The van der Waals surface area contributed by atoms with E-state index in [0.29, 0.717) is 53.6 Å². The van der Waals surface area contributed by atoms with Gasteiger partial charge in [0.25, 0.3) is 0 Å². The summed E-state index contributed by atoms with van der Waals surface area (Å²) in [5, 5.41) is 11.9. The highest BCUT2D eigenvalue weighted by Gasteiger charge is 2.65. The summed E-state index contributed by atoms with van der Waals surface area (Å²) in [6.45, 7) is 12.3. The van der Waals surface area contributed by atoms with Gasteiger partial charge in [-0.3, -0.25) is 19.2 Å². The van der Waals surface area contributed by atoms with E-state index in [9.17, 15) is 24.3 Å². The van der Waals surface area contributed by atoms with Crippen molar-refractivity contribution in [2.45, 2.75) is 137 Å². The highest BCUT2D eigenvalue weighted by molar-refractivity contribution is 6.32. The maximum absolute atomic E-state index is 12.4. The van der Waals surface area contributed by atoms with Gasteiger partial charge in [-0.1, -0.05) is 50.9 Å². The Bertz CT molecular complexity index is 1610. The standard InChI is InChI=1S/C21H27ClO3.C21H28O2/c1-12(23)21(25)9-6-16-14-11-18(22)17-10-13(24)4-7-19(17,2)15(14)5-8-20(16,21)3;1-13(22)20(2)11-9-19-18-6-4-14-12-15(23)5-7-16(14)17(18)8-10-21(19,20)3/h10-11,14-16,25H,4-9H2,1-3H3;12,18-19H,4-11H2,1-3H3/t14-,15+,16+,19-,20+,21+;18-,19+,20-,21+/m11/s1. The van der Waals surface area contributed by atoms with E-state index in [4.69, 9.17) is 11.6 Å². The molecule has 0 unspecified atom stereocenters. The number of ketones is 4. The lowest BCUT2D eigenvalue weighted by Crippen LogP contribution is -2.56. The number of rotatable bonds is 2. The molecule has 260 valence electrons. The first kappa shape index (κ1) is 34.3. The third kappa shape index (κ3) is 4.64. The molecule has 0 bridgehead atoms. The van der Waals surface area contributed by atoms with Crippen molar-refractivity contribution in [1.29, 1.82) is 0 Å². The largest absolute Gasteiger partial charge is 0.382 e. The second kappa shape index (κ2) is 11.5. The van der Waals surface area contributed by atoms with Gasteiger partial charge in [-0.25, -0.2) is 0 Å². The summed E-state index contributed by atoms with van der Waals surface area (Å²) in [5.41, 5.74) is 3.91. The van der Waals surface area contributed by atoms with Crippen molar-refractivity contribution in [3.63, 3.8) is 0 Å². The predicted molar refractivity (Wildman–Crippen MR) is 188 cm³/mol. The highest BCUT2D eigenvalue weighted by Crippen LogP contribution is 2.68.